The van der Waals surface area contributed by atoms with Gasteiger partial charge in [-0.3, -0.25) is 0 Å². The van der Waals surface area contributed by atoms with Crippen molar-refractivity contribution in [1.82, 2.24) is 4.72 Å². The minimum atomic E-state index is -3.86. The highest BCUT2D eigenvalue weighted by Crippen LogP contribution is 2.25. The maximum atomic E-state index is 12.7. The van der Waals surface area contributed by atoms with Crippen LogP contribution < -0.4 is 9.46 Å². The van der Waals surface area contributed by atoms with Gasteiger partial charge >= 0.3 is 5.97 Å². The number of carbonyl (C=O) groups excluding carboxylic acids is 1. The summed E-state index contributed by atoms with van der Waals surface area (Å²) in [4.78, 5) is 11.7. The van der Waals surface area contributed by atoms with Crippen LogP contribution in [0.15, 0.2) is 47.4 Å². The van der Waals surface area contributed by atoms with Crippen LogP contribution >= 0.6 is 11.6 Å². The summed E-state index contributed by atoms with van der Waals surface area (Å²) in [5, 5.41) is 0.123. The number of rotatable bonds is 7. The Bertz CT molecular complexity index is 881. The number of carbonyl (C=O) groups is 1. The molecule has 0 amide bonds. The summed E-state index contributed by atoms with van der Waals surface area (Å²) in [7, 11) is -1.10. The Kier molecular flexibility index (Phi) is 6.63. The van der Waals surface area contributed by atoms with Crippen LogP contribution in [0.4, 0.5) is 0 Å². The van der Waals surface area contributed by atoms with E-state index >= 15 is 0 Å². The van der Waals surface area contributed by atoms with Gasteiger partial charge in [0.05, 0.1) is 29.7 Å². The Morgan fingerprint density at radius 1 is 1.15 bits per heavy atom. The van der Waals surface area contributed by atoms with Gasteiger partial charge in [-0.05, 0) is 42.3 Å². The number of halogens is 1. The van der Waals surface area contributed by atoms with E-state index in [9.17, 15) is 13.2 Å². The lowest BCUT2D eigenvalue weighted by atomic mass is 10.1. The molecule has 140 valence electrons. The van der Waals surface area contributed by atoms with E-state index in [-0.39, 0.29) is 15.5 Å². The molecule has 0 aliphatic rings. The van der Waals surface area contributed by atoms with Crippen LogP contribution in [0.5, 0.6) is 5.75 Å². The van der Waals surface area contributed by atoms with Crippen molar-refractivity contribution in [3.05, 3.63) is 58.6 Å². The Balaban J connectivity index is 2.32. The zero-order valence-electron chi connectivity index (χ0n) is 14.7. The zero-order chi connectivity index (χ0) is 19.3. The molecule has 2 rings (SSSR count). The lowest BCUT2D eigenvalue weighted by Gasteiger charge is -2.18. The highest BCUT2D eigenvalue weighted by molar-refractivity contribution is 7.89. The van der Waals surface area contributed by atoms with Gasteiger partial charge < -0.3 is 9.47 Å². The minimum absolute atomic E-state index is 0.00506. The number of hydrogen-bond acceptors (Lipinski definition) is 5. The molecule has 0 bridgehead atoms. The number of benzene rings is 2. The van der Waals surface area contributed by atoms with Gasteiger partial charge in [0.2, 0.25) is 10.0 Å². The topological polar surface area (TPSA) is 81.7 Å². The first kappa shape index (κ1) is 20.2. The fourth-order valence-corrected chi connectivity index (χ4v) is 3.94. The summed E-state index contributed by atoms with van der Waals surface area (Å²) in [6.07, 6.45) is 0.545. The second kappa shape index (κ2) is 8.53. The molecule has 1 atom stereocenters. The normalized spacial score (nSPS) is 12.5. The van der Waals surface area contributed by atoms with Crippen LogP contribution in [-0.2, 0) is 14.8 Å². The van der Waals surface area contributed by atoms with Crippen molar-refractivity contribution in [2.75, 3.05) is 14.2 Å². The summed E-state index contributed by atoms with van der Waals surface area (Å²) in [5.74, 6) is -0.0128. The van der Waals surface area contributed by atoms with Gasteiger partial charge in [-0.1, -0.05) is 30.7 Å². The molecule has 2 aromatic rings. The van der Waals surface area contributed by atoms with Crippen LogP contribution in [0, 0.1) is 0 Å². The van der Waals surface area contributed by atoms with Gasteiger partial charge in [-0.15, -0.1) is 0 Å². The minimum Gasteiger partial charge on any atom is -0.497 e. The lowest BCUT2D eigenvalue weighted by molar-refractivity contribution is 0.0600. The third-order valence-electron chi connectivity index (χ3n) is 3.88. The molecule has 0 aliphatic heterocycles. The molecule has 0 saturated heterocycles. The first-order valence-electron chi connectivity index (χ1n) is 7.86. The quantitative estimate of drug-likeness (QED) is 0.722. The van der Waals surface area contributed by atoms with Crippen LogP contribution in [0.1, 0.15) is 35.3 Å². The molecule has 26 heavy (non-hydrogen) atoms. The number of hydrogen-bond donors (Lipinski definition) is 1. The van der Waals surface area contributed by atoms with Gasteiger partial charge in [0.15, 0.2) is 0 Å². The molecule has 2 aromatic carbocycles. The molecule has 0 saturated carbocycles. The van der Waals surface area contributed by atoms with Gasteiger partial charge in [0, 0.05) is 6.04 Å². The van der Waals surface area contributed by atoms with E-state index in [1.807, 2.05) is 6.92 Å². The number of sulfonamides is 1. The first-order valence-corrected chi connectivity index (χ1v) is 9.72. The number of methoxy groups -OCH3 is 2. The van der Waals surface area contributed by atoms with E-state index < -0.39 is 22.0 Å². The predicted molar refractivity (Wildman–Crippen MR) is 99.1 cm³/mol. The van der Waals surface area contributed by atoms with Gasteiger partial charge in [-0.25, -0.2) is 17.9 Å². The average Bonchev–Trinajstić information content (AvgIpc) is 2.65. The molecule has 8 heteroatoms. The van der Waals surface area contributed by atoms with Crippen molar-refractivity contribution in [1.29, 1.82) is 0 Å². The SMILES string of the molecule is CC[C@@H](NS(=O)(=O)c1ccc(Cl)c(C(=O)OC)c1)c1ccc(OC)cc1. The second-order valence-corrected chi connectivity index (χ2v) is 7.61. The first-order chi connectivity index (χ1) is 12.3. The highest BCUT2D eigenvalue weighted by Gasteiger charge is 2.23. The van der Waals surface area contributed by atoms with Crippen LogP contribution in [-0.4, -0.2) is 28.6 Å². The molecular formula is C18H20ClNO5S. The molecule has 0 radical (unpaired) electrons. The monoisotopic (exact) mass is 397 g/mol. The molecular weight excluding hydrogens is 378 g/mol. The molecule has 0 unspecified atom stereocenters. The van der Waals surface area contributed by atoms with Crippen LogP contribution in [0.2, 0.25) is 5.02 Å². The standard InChI is InChI=1S/C18H20ClNO5S/c1-4-17(12-5-7-13(24-2)8-6-12)20-26(22,23)14-9-10-16(19)15(11-14)18(21)25-3/h5-11,17,20H,4H2,1-3H3/t17-/m1/s1. The van der Waals surface area contributed by atoms with E-state index in [4.69, 9.17) is 16.3 Å². The Morgan fingerprint density at radius 3 is 2.35 bits per heavy atom. The third kappa shape index (κ3) is 4.55. The zero-order valence-corrected chi connectivity index (χ0v) is 16.2. The summed E-state index contributed by atoms with van der Waals surface area (Å²) in [6, 6.07) is 10.6. The number of esters is 1. The van der Waals surface area contributed by atoms with Crippen molar-refractivity contribution in [3.8, 4) is 5.75 Å². The fraction of sp³-hybridized carbons (Fsp3) is 0.278. The summed E-state index contributed by atoms with van der Waals surface area (Å²) < 4.78 is 37.9. The number of nitrogens with one attached hydrogen (secondary N) is 1. The van der Waals surface area contributed by atoms with Gasteiger partial charge in [0.25, 0.3) is 0 Å². The fourth-order valence-electron chi connectivity index (χ4n) is 2.42. The summed E-state index contributed by atoms with van der Waals surface area (Å²) >= 11 is 5.95. The van der Waals surface area contributed by atoms with E-state index in [1.165, 1.54) is 25.3 Å². The van der Waals surface area contributed by atoms with Crippen LogP contribution in [0.25, 0.3) is 0 Å². The molecule has 0 fully saturated rings. The van der Waals surface area contributed by atoms with E-state index in [1.54, 1.807) is 31.4 Å². The molecule has 0 aromatic heterocycles. The Hall–Kier alpha value is -2.09. The molecule has 1 N–H and O–H groups in total. The van der Waals surface area contributed by atoms with E-state index in [0.29, 0.717) is 12.2 Å². The van der Waals surface area contributed by atoms with Gasteiger partial charge in [-0.2, -0.15) is 0 Å². The largest absolute Gasteiger partial charge is 0.497 e. The Morgan fingerprint density at radius 2 is 1.81 bits per heavy atom. The lowest BCUT2D eigenvalue weighted by Crippen LogP contribution is -2.28. The van der Waals surface area contributed by atoms with Crippen molar-refractivity contribution < 1.29 is 22.7 Å². The molecule has 0 aliphatic carbocycles. The van der Waals surface area contributed by atoms with Crippen molar-refractivity contribution in [2.45, 2.75) is 24.3 Å². The highest BCUT2D eigenvalue weighted by atomic mass is 35.5. The van der Waals surface area contributed by atoms with Crippen molar-refractivity contribution in [3.63, 3.8) is 0 Å². The maximum absolute atomic E-state index is 12.7. The average molecular weight is 398 g/mol. The van der Waals surface area contributed by atoms with Crippen LogP contribution in [0.3, 0.4) is 0 Å². The van der Waals surface area contributed by atoms with Crippen molar-refractivity contribution >= 4 is 27.6 Å². The van der Waals surface area contributed by atoms with E-state index in [0.717, 1.165) is 5.56 Å². The third-order valence-corrected chi connectivity index (χ3v) is 5.68. The summed E-state index contributed by atoms with van der Waals surface area (Å²) in [5.41, 5.74) is 0.800. The maximum Gasteiger partial charge on any atom is 0.339 e. The van der Waals surface area contributed by atoms with E-state index in [2.05, 4.69) is 9.46 Å². The summed E-state index contributed by atoms with van der Waals surface area (Å²) in [6.45, 7) is 1.87. The molecule has 0 spiro atoms. The molecule has 0 heterocycles. The smallest absolute Gasteiger partial charge is 0.339 e. The number of ether oxygens (including phenoxy) is 2. The predicted octanol–water partition coefficient (Wildman–Crippen LogP) is 3.56. The Labute approximate surface area is 158 Å². The van der Waals surface area contributed by atoms with Gasteiger partial charge in [0.1, 0.15) is 5.75 Å². The molecule has 6 nitrogen and oxygen atoms in total. The van der Waals surface area contributed by atoms with Crippen molar-refractivity contribution in [2.24, 2.45) is 0 Å². The second-order valence-electron chi connectivity index (χ2n) is 5.49.